The Labute approximate surface area is 127 Å². The van der Waals surface area contributed by atoms with E-state index in [1.807, 2.05) is 55.6 Å². The first-order valence-electron chi connectivity index (χ1n) is 7.38. The Hall–Kier alpha value is -2.00. The Balaban J connectivity index is 2.11. The van der Waals surface area contributed by atoms with Gasteiger partial charge in [-0.15, -0.1) is 0 Å². The van der Waals surface area contributed by atoms with Crippen molar-refractivity contribution in [3.8, 4) is 0 Å². The molecule has 3 heteroatoms. The Morgan fingerprint density at radius 2 is 1.52 bits per heavy atom. The van der Waals surface area contributed by atoms with Crippen LogP contribution in [-0.4, -0.2) is 20.0 Å². The maximum absolute atomic E-state index is 6.04. The molecule has 1 N–H and O–H groups in total. The number of ether oxygens (including phenoxy) is 1. The lowest BCUT2D eigenvalue weighted by atomic mass is 10.2. The van der Waals surface area contributed by atoms with Gasteiger partial charge in [0.2, 0.25) is 6.35 Å². The van der Waals surface area contributed by atoms with Crippen LogP contribution in [0.5, 0.6) is 0 Å². The third kappa shape index (κ3) is 4.80. The minimum Gasteiger partial charge on any atom is -0.343 e. The largest absolute Gasteiger partial charge is 0.343 e. The van der Waals surface area contributed by atoms with E-state index in [2.05, 4.69) is 36.2 Å². The minimum absolute atomic E-state index is 0.197. The van der Waals surface area contributed by atoms with Gasteiger partial charge in [0.1, 0.15) is 0 Å². The predicted octanol–water partition coefficient (Wildman–Crippen LogP) is 4.19. The molecule has 0 bridgehead atoms. The van der Waals surface area contributed by atoms with E-state index in [0.29, 0.717) is 12.5 Å². The summed E-state index contributed by atoms with van der Waals surface area (Å²) in [6.07, 6.45) is -0.197. The highest BCUT2D eigenvalue weighted by Gasteiger charge is 2.16. The number of para-hydroxylation sites is 2. The second-order valence-corrected chi connectivity index (χ2v) is 5.54. The molecule has 1 unspecified atom stereocenters. The Morgan fingerprint density at radius 3 is 2.10 bits per heavy atom. The summed E-state index contributed by atoms with van der Waals surface area (Å²) in [6.45, 7) is 5.02. The molecule has 0 aromatic heterocycles. The summed E-state index contributed by atoms with van der Waals surface area (Å²) in [4.78, 5) is 2.11. The summed E-state index contributed by atoms with van der Waals surface area (Å²) in [5.41, 5.74) is 2.17. The SMILES string of the molecule is CC(C)COC(Nc1ccccc1)N(C)c1ccccc1. The molecular formula is C18H24N2O. The smallest absolute Gasteiger partial charge is 0.207 e. The Bertz CT molecular complexity index is 513. The Kier molecular flexibility index (Phi) is 5.64. The second kappa shape index (κ2) is 7.70. The molecule has 2 aromatic rings. The van der Waals surface area contributed by atoms with Crippen LogP contribution >= 0.6 is 0 Å². The number of nitrogens with one attached hydrogen (secondary N) is 1. The van der Waals surface area contributed by atoms with Crippen molar-refractivity contribution >= 4 is 11.4 Å². The van der Waals surface area contributed by atoms with Gasteiger partial charge in [-0.2, -0.15) is 0 Å². The molecule has 0 amide bonds. The van der Waals surface area contributed by atoms with Gasteiger partial charge in [-0.05, 0) is 30.2 Å². The molecule has 2 rings (SSSR count). The van der Waals surface area contributed by atoms with Crippen molar-refractivity contribution in [1.82, 2.24) is 0 Å². The molecule has 0 spiro atoms. The molecular weight excluding hydrogens is 260 g/mol. The van der Waals surface area contributed by atoms with Crippen molar-refractivity contribution in [2.45, 2.75) is 20.2 Å². The van der Waals surface area contributed by atoms with E-state index in [-0.39, 0.29) is 6.35 Å². The van der Waals surface area contributed by atoms with E-state index in [9.17, 15) is 0 Å². The third-order valence-electron chi connectivity index (χ3n) is 3.17. The quantitative estimate of drug-likeness (QED) is 0.772. The highest BCUT2D eigenvalue weighted by atomic mass is 16.5. The van der Waals surface area contributed by atoms with Gasteiger partial charge in [-0.1, -0.05) is 50.2 Å². The van der Waals surface area contributed by atoms with Gasteiger partial charge < -0.3 is 15.0 Å². The van der Waals surface area contributed by atoms with Gasteiger partial charge in [0.05, 0.1) is 6.61 Å². The van der Waals surface area contributed by atoms with Crippen LogP contribution in [0.1, 0.15) is 13.8 Å². The number of hydrogen-bond acceptors (Lipinski definition) is 3. The summed E-state index contributed by atoms with van der Waals surface area (Å²) < 4.78 is 6.04. The van der Waals surface area contributed by atoms with Crippen LogP contribution in [-0.2, 0) is 4.74 Å². The van der Waals surface area contributed by atoms with Crippen molar-refractivity contribution in [1.29, 1.82) is 0 Å². The van der Waals surface area contributed by atoms with Gasteiger partial charge in [0, 0.05) is 18.4 Å². The van der Waals surface area contributed by atoms with Crippen molar-refractivity contribution < 1.29 is 4.74 Å². The summed E-state index contributed by atoms with van der Waals surface area (Å²) in [7, 11) is 2.04. The first-order valence-corrected chi connectivity index (χ1v) is 7.38. The highest BCUT2D eigenvalue weighted by Crippen LogP contribution is 2.18. The molecule has 0 heterocycles. The average Bonchev–Trinajstić information content (AvgIpc) is 2.52. The molecule has 0 saturated heterocycles. The summed E-state index contributed by atoms with van der Waals surface area (Å²) >= 11 is 0. The van der Waals surface area contributed by atoms with Gasteiger partial charge in [0.15, 0.2) is 0 Å². The molecule has 0 aliphatic rings. The van der Waals surface area contributed by atoms with Crippen LogP contribution in [0.15, 0.2) is 60.7 Å². The van der Waals surface area contributed by atoms with Crippen LogP contribution in [0.25, 0.3) is 0 Å². The molecule has 0 aliphatic heterocycles. The number of nitrogens with zero attached hydrogens (tertiary/aromatic N) is 1. The van der Waals surface area contributed by atoms with Gasteiger partial charge >= 0.3 is 0 Å². The number of hydrogen-bond donors (Lipinski definition) is 1. The molecule has 0 saturated carbocycles. The van der Waals surface area contributed by atoms with E-state index < -0.39 is 0 Å². The predicted molar refractivity (Wildman–Crippen MR) is 89.5 cm³/mol. The fourth-order valence-corrected chi connectivity index (χ4v) is 2.01. The van der Waals surface area contributed by atoms with E-state index in [0.717, 1.165) is 11.4 Å². The summed E-state index contributed by atoms with van der Waals surface area (Å²) in [5.74, 6) is 0.495. The molecule has 0 aliphatic carbocycles. The lowest BCUT2D eigenvalue weighted by molar-refractivity contribution is 0.0540. The van der Waals surface area contributed by atoms with Crippen LogP contribution in [0.4, 0.5) is 11.4 Å². The van der Waals surface area contributed by atoms with Gasteiger partial charge in [0.25, 0.3) is 0 Å². The second-order valence-electron chi connectivity index (χ2n) is 5.54. The molecule has 2 aromatic carbocycles. The van der Waals surface area contributed by atoms with E-state index in [1.54, 1.807) is 0 Å². The maximum atomic E-state index is 6.04. The van der Waals surface area contributed by atoms with Crippen LogP contribution in [0.3, 0.4) is 0 Å². The lowest BCUT2D eigenvalue weighted by Crippen LogP contribution is -2.41. The summed E-state index contributed by atoms with van der Waals surface area (Å²) in [5, 5.41) is 3.44. The van der Waals surface area contributed by atoms with Crippen molar-refractivity contribution in [3.05, 3.63) is 60.7 Å². The van der Waals surface area contributed by atoms with Crippen LogP contribution in [0.2, 0.25) is 0 Å². The van der Waals surface area contributed by atoms with Crippen molar-refractivity contribution in [2.24, 2.45) is 5.92 Å². The maximum Gasteiger partial charge on any atom is 0.207 e. The standard InChI is InChI=1S/C18H24N2O/c1-15(2)14-21-18(19-16-10-6-4-7-11-16)20(3)17-12-8-5-9-13-17/h4-13,15,18-19H,14H2,1-3H3. The van der Waals surface area contributed by atoms with Crippen LogP contribution < -0.4 is 10.2 Å². The molecule has 3 nitrogen and oxygen atoms in total. The first-order chi connectivity index (χ1) is 10.2. The first kappa shape index (κ1) is 15.4. The third-order valence-corrected chi connectivity index (χ3v) is 3.17. The highest BCUT2D eigenvalue weighted by molar-refractivity contribution is 5.50. The van der Waals surface area contributed by atoms with E-state index in [4.69, 9.17) is 4.74 Å². The molecule has 1 atom stereocenters. The van der Waals surface area contributed by atoms with Crippen molar-refractivity contribution in [2.75, 3.05) is 23.9 Å². The minimum atomic E-state index is -0.197. The fraction of sp³-hybridized carbons (Fsp3) is 0.333. The van der Waals surface area contributed by atoms with Gasteiger partial charge in [-0.25, -0.2) is 0 Å². The molecule has 112 valence electrons. The zero-order valence-electron chi connectivity index (χ0n) is 13.0. The zero-order chi connectivity index (χ0) is 15.1. The lowest BCUT2D eigenvalue weighted by Gasteiger charge is -2.31. The fourth-order valence-electron chi connectivity index (χ4n) is 2.01. The molecule has 21 heavy (non-hydrogen) atoms. The van der Waals surface area contributed by atoms with Crippen molar-refractivity contribution in [3.63, 3.8) is 0 Å². The van der Waals surface area contributed by atoms with E-state index in [1.165, 1.54) is 0 Å². The zero-order valence-corrected chi connectivity index (χ0v) is 13.0. The molecule has 0 fully saturated rings. The average molecular weight is 284 g/mol. The molecule has 0 radical (unpaired) electrons. The monoisotopic (exact) mass is 284 g/mol. The van der Waals surface area contributed by atoms with E-state index >= 15 is 0 Å². The van der Waals surface area contributed by atoms with Crippen LogP contribution in [0, 0.1) is 5.92 Å². The topological polar surface area (TPSA) is 24.5 Å². The summed E-state index contributed by atoms with van der Waals surface area (Å²) in [6, 6.07) is 20.4. The number of rotatable bonds is 7. The number of anilines is 2. The normalized spacial score (nSPS) is 12.2. The number of benzene rings is 2. The van der Waals surface area contributed by atoms with Gasteiger partial charge in [-0.3, -0.25) is 0 Å². The Morgan fingerprint density at radius 1 is 0.952 bits per heavy atom.